The zero-order chi connectivity index (χ0) is 27.8. The third-order valence-electron chi connectivity index (χ3n) is 6.28. The van der Waals surface area contributed by atoms with E-state index in [4.69, 9.17) is 14.6 Å². The van der Waals surface area contributed by atoms with Gasteiger partial charge in [-0.3, -0.25) is 9.59 Å². The number of aliphatic hydroxyl groups excluding tert-OH is 3. The smallest absolute Gasteiger partial charge is 0.247 e. The first kappa shape index (κ1) is 29.8. The molecule has 2 aromatic carbocycles. The van der Waals surface area contributed by atoms with Crippen molar-refractivity contribution < 1.29 is 38.8 Å². The van der Waals surface area contributed by atoms with Crippen LogP contribution >= 0.6 is 22.6 Å². The molecule has 0 saturated heterocycles. The van der Waals surface area contributed by atoms with Crippen LogP contribution in [0, 0.1) is 9.39 Å². The Bertz CT molecular complexity index is 1180. The van der Waals surface area contributed by atoms with Gasteiger partial charge in [0.2, 0.25) is 11.8 Å². The van der Waals surface area contributed by atoms with Gasteiger partial charge in [0, 0.05) is 32.0 Å². The molecule has 9 nitrogen and oxygen atoms in total. The van der Waals surface area contributed by atoms with E-state index >= 15 is 0 Å². The second kappa shape index (κ2) is 13.9. The molecule has 3 atom stereocenters. The molecule has 0 aliphatic heterocycles. The minimum Gasteiger partial charge on any atom is -0.493 e. The lowest BCUT2D eigenvalue weighted by Crippen LogP contribution is -2.55. The normalized spacial score (nSPS) is 18.9. The maximum absolute atomic E-state index is 13.7. The Hall–Kier alpha value is -2.74. The van der Waals surface area contributed by atoms with Crippen LogP contribution in [0.2, 0.25) is 0 Å². The second-order valence-corrected chi connectivity index (χ2v) is 10.0. The number of carbonyl (C=O) groups is 2. The highest BCUT2D eigenvalue weighted by atomic mass is 127. The Labute approximate surface area is 234 Å². The summed E-state index contributed by atoms with van der Waals surface area (Å²) in [5.41, 5.74) is 1.59. The summed E-state index contributed by atoms with van der Waals surface area (Å²) in [7, 11) is 1.45. The summed E-state index contributed by atoms with van der Waals surface area (Å²) in [6, 6.07) is 8.58. The van der Waals surface area contributed by atoms with Gasteiger partial charge in [-0.25, -0.2) is 4.39 Å². The van der Waals surface area contributed by atoms with Crippen LogP contribution in [0.1, 0.15) is 24.5 Å². The molecule has 0 radical (unpaired) electrons. The predicted molar refractivity (Wildman–Crippen MR) is 146 cm³/mol. The lowest BCUT2D eigenvalue weighted by atomic mass is 9.88. The molecule has 2 amide bonds. The molecule has 0 bridgehead atoms. The number of hydrogen-bond donors (Lipinski definition) is 4. The average Bonchev–Trinajstić information content (AvgIpc) is 2.89. The van der Waals surface area contributed by atoms with Crippen molar-refractivity contribution in [3.63, 3.8) is 0 Å². The van der Waals surface area contributed by atoms with Crippen molar-refractivity contribution in [3.8, 4) is 11.5 Å². The van der Waals surface area contributed by atoms with Gasteiger partial charge < -0.3 is 35.0 Å². The van der Waals surface area contributed by atoms with Gasteiger partial charge in [-0.05, 0) is 70.5 Å². The molecule has 0 saturated carbocycles. The van der Waals surface area contributed by atoms with Crippen molar-refractivity contribution in [2.45, 2.75) is 44.6 Å². The van der Waals surface area contributed by atoms with Crippen LogP contribution in [0.5, 0.6) is 11.5 Å². The number of methoxy groups -OCH3 is 1. The molecule has 38 heavy (non-hydrogen) atoms. The molecule has 0 aromatic heterocycles. The fraction of sp³-hybridized carbons (Fsp3) is 0.407. The van der Waals surface area contributed by atoms with Gasteiger partial charge in [-0.2, -0.15) is 0 Å². The molecule has 1 aliphatic carbocycles. The standard InChI is InChI=1S/C27H32FIN2O7/c1-16(34)31(8-6-17-4-3-5-20(28)10-17)22-13-19(27(36)30-7-9-32)14-23(25(22)35)38-26-21(29)11-18(15-33)12-24(26)37-2/h3-5,10-12,14,22-23,25,32-33,35H,6-9,13,15H2,1-2H3,(H,30,36)/t22-,23+,25+/m1/s1. The van der Waals surface area contributed by atoms with Gasteiger partial charge in [0.1, 0.15) is 18.0 Å². The fourth-order valence-electron chi connectivity index (χ4n) is 4.39. The monoisotopic (exact) mass is 642 g/mol. The third kappa shape index (κ3) is 7.43. The van der Waals surface area contributed by atoms with Crippen molar-refractivity contribution in [1.82, 2.24) is 10.2 Å². The van der Waals surface area contributed by atoms with Gasteiger partial charge in [-0.15, -0.1) is 0 Å². The number of ether oxygens (including phenoxy) is 2. The lowest BCUT2D eigenvalue weighted by Gasteiger charge is -2.40. The zero-order valence-corrected chi connectivity index (χ0v) is 23.4. The van der Waals surface area contributed by atoms with Crippen LogP contribution in [0.3, 0.4) is 0 Å². The summed E-state index contributed by atoms with van der Waals surface area (Å²) >= 11 is 2.03. The van der Waals surface area contributed by atoms with E-state index in [1.165, 1.54) is 37.1 Å². The molecule has 0 fully saturated rings. The minimum atomic E-state index is -1.21. The maximum atomic E-state index is 13.7. The molecule has 11 heteroatoms. The summed E-state index contributed by atoms with van der Waals surface area (Å²) < 4.78 is 25.9. The first-order chi connectivity index (χ1) is 18.2. The van der Waals surface area contributed by atoms with Crippen LogP contribution in [-0.2, 0) is 22.6 Å². The fourth-order valence-corrected chi connectivity index (χ4v) is 5.19. The molecule has 1 aliphatic rings. The summed E-state index contributed by atoms with van der Waals surface area (Å²) in [5, 5.41) is 32.7. The predicted octanol–water partition coefficient (Wildman–Crippen LogP) is 1.94. The Morgan fingerprint density at radius 1 is 1.21 bits per heavy atom. The van der Waals surface area contributed by atoms with E-state index in [9.17, 15) is 24.2 Å². The SMILES string of the molecule is COc1cc(CO)cc(I)c1O[C@H]1C=C(C(=O)NCCO)C[C@@H](N(CCc2cccc(F)c2)C(C)=O)[C@@H]1O. The number of carbonyl (C=O) groups excluding carboxylic acids is 2. The van der Waals surface area contributed by atoms with E-state index in [-0.39, 0.29) is 50.0 Å². The lowest BCUT2D eigenvalue weighted by molar-refractivity contribution is -0.136. The topological polar surface area (TPSA) is 129 Å². The van der Waals surface area contributed by atoms with Crippen molar-refractivity contribution >= 4 is 34.4 Å². The number of hydrogen-bond acceptors (Lipinski definition) is 7. The molecule has 206 valence electrons. The molecule has 0 heterocycles. The van der Waals surface area contributed by atoms with Crippen LogP contribution in [-0.4, -0.2) is 77.1 Å². The van der Waals surface area contributed by atoms with E-state index < -0.39 is 24.2 Å². The molecule has 2 aromatic rings. The Morgan fingerprint density at radius 2 is 1.97 bits per heavy atom. The highest BCUT2D eigenvalue weighted by Gasteiger charge is 2.40. The van der Waals surface area contributed by atoms with Crippen LogP contribution in [0.25, 0.3) is 0 Å². The highest BCUT2D eigenvalue weighted by molar-refractivity contribution is 14.1. The number of nitrogens with one attached hydrogen (secondary N) is 1. The molecular weight excluding hydrogens is 610 g/mol. The number of nitrogens with zero attached hydrogens (tertiary/aromatic N) is 1. The molecule has 0 spiro atoms. The van der Waals surface area contributed by atoms with Gasteiger partial charge >= 0.3 is 0 Å². The van der Waals surface area contributed by atoms with Gasteiger partial charge in [0.15, 0.2) is 11.5 Å². The Kier molecular flexibility index (Phi) is 10.9. The summed E-state index contributed by atoms with van der Waals surface area (Å²) in [5.74, 6) is -0.499. The highest BCUT2D eigenvalue weighted by Crippen LogP contribution is 2.37. The summed E-state index contributed by atoms with van der Waals surface area (Å²) in [6.45, 7) is 1.15. The van der Waals surface area contributed by atoms with Crippen LogP contribution < -0.4 is 14.8 Å². The number of halogens is 2. The van der Waals surface area contributed by atoms with E-state index in [0.29, 0.717) is 32.6 Å². The Balaban J connectivity index is 1.94. The quantitative estimate of drug-likeness (QED) is 0.276. The van der Waals surface area contributed by atoms with E-state index in [1.807, 2.05) is 22.6 Å². The first-order valence-corrected chi connectivity index (χ1v) is 13.2. The maximum Gasteiger partial charge on any atom is 0.247 e. The van der Waals surface area contributed by atoms with Crippen molar-refractivity contribution in [2.24, 2.45) is 0 Å². The van der Waals surface area contributed by atoms with E-state index in [2.05, 4.69) is 5.32 Å². The van der Waals surface area contributed by atoms with Crippen LogP contribution in [0.4, 0.5) is 4.39 Å². The summed E-state index contributed by atoms with van der Waals surface area (Å²) in [4.78, 5) is 27.0. The van der Waals surface area contributed by atoms with Crippen molar-refractivity contribution in [3.05, 3.63) is 68.6 Å². The van der Waals surface area contributed by atoms with Gasteiger partial charge in [-0.1, -0.05) is 12.1 Å². The minimum absolute atomic E-state index is 0.0409. The van der Waals surface area contributed by atoms with Crippen molar-refractivity contribution in [2.75, 3.05) is 26.8 Å². The molecule has 4 N–H and O–H groups in total. The van der Waals surface area contributed by atoms with Gasteiger partial charge in [0.05, 0.1) is 29.9 Å². The molecule has 3 rings (SSSR count). The molecule has 0 unspecified atom stereocenters. The summed E-state index contributed by atoms with van der Waals surface area (Å²) in [6.07, 6.45) is -0.329. The van der Waals surface area contributed by atoms with E-state index in [0.717, 1.165) is 0 Å². The van der Waals surface area contributed by atoms with Gasteiger partial charge in [0.25, 0.3) is 0 Å². The number of rotatable bonds is 11. The number of aliphatic hydroxyl groups is 3. The second-order valence-electron chi connectivity index (χ2n) is 8.88. The van der Waals surface area contributed by atoms with E-state index in [1.54, 1.807) is 24.3 Å². The number of benzene rings is 2. The van der Waals surface area contributed by atoms with Crippen LogP contribution in [0.15, 0.2) is 48.0 Å². The third-order valence-corrected chi connectivity index (χ3v) is 7.08. The zero-order valence-electron chi connectivity index (χ0n) is 21.2. The molecular formula is C27H32FIN2O7. The van der Waals surface area contributed by atoms with Crippen molar-refractivity contribution in [1.29, 1.82) is 0 Å². The average molecular weight is 642 g/mol. The first-order valence-electron chi connectivity index (χ1n) is 12.1. The Morgan fingerprint density at radius 3 is 2.61 bits per heavy atom. The number of amides is 2. The largest absolute Gasteiger partial charge is 0.493 e.